The van der Waals surface area contributed by atoms with Gasteiger partial charge in [-0.2, -0.15) is 0 Å². The molecular weight excluding hydrogens is 424 g/mol. The molecule has 0 spiro atoms. The van der Waals surface area contributed by atoms with Crippen LogP contribution >= 0.6 is 15.9 Å². The van der Waals surface area contributed by atoms with Crippen LogP contribution in [-0.4, -0.2) is 111 Å². The molecule has 0 saturated carbocycles. The van der Waals surface area contributed by atoms with Crippen molar-refractivity contribution in [1.29, 1.82) is 0 Å². The zero-order valence-corrected chi connectivity index (χ0v) is 18.3. The van der Waals surface area contributed by atoms with Crippen LogP contribution in [0.15, 0.2) is 0 Å². The lowest BCUT2D eigenvalue weighted by molar-refractivity contribution is -0.0225. The standard InChI is InChI=1S/C18H37BrO8/c1-2-20-5-6-22-9-10-24-13-14-26-17-18-27-16-15-25-12-11-23-8-7-21-4-3-19/h2-18H2,1H3. The van der Waals surface area contributed by atoms with Gasteiger partial charge in [-0.1, -0.05) is 15.9 Å². The Bertz CT molecular complexity index is 238. The third-order valence-corrected chi connectivity index (χ3v) is 3.35. The molecule has 0 aromatic carbocycles. The zero-order chi connectivity index (χ0) is 19.7. The van der Waals surface area contributed by atoms with Gasteiger partial charge in [-0.05, 0) is 6.92 Å². The van der Waals surface area contributed by atoms with Crippen molar-refractivity contribution in [2.24, 2.45) is 0 Å². The summed E-state index contributed by atoms with van der Waals surface area (Å²) in [7, 11) is 0. The molecule has 0 rings (SSSR count). The summed E-state index contributed by atoms with van der Waals surface area (Å²) in [6.45, 7) is 11.4. The molecule has 0 atom stereocenters. The number of ether oxygens (including phenoxy) is 8. The maximum atomic E-state index is 5.41. The number of hydrogen-bond donors (Lipinski definition) is 0. The molecule has 8 nitrogen and oxygen atoms in total. The second kappa shape index (κ2) is 26.2. The average molecular weight is 461 g/mol. The fourth-order valence-corrected chi connectivity index (χ4v) is 1.97. The van der Waals surface area contributed by atoms with Crippen LogP contribution < -0.4 is 0 Å². The Kier molecular flexibility index (Phi) is 26.3. The molecular formula is C18H37BrO8. The van der Waals surface area contributed by atoms with E-state index in [4.69, 9.17) is 37.9 Å². The normalized spacial score (nSPS) is 11.3. The van der Waals surface area contributed by atoms with E-state index in [1.165, 1.54) is 0 Å². The Morgan fingerprint density at radius 3 is 0.815 bits per heavy atom. The van der Waals surface area contributed by atoms with Crippen LogP contribution in [0, 0.1) is 0 Å². The van der Waals surface area contributed by atoms with Gasteiger partial charge in [0, 0.05) is 11.9 Å². The summed E-state index contributed by atoms with van der Waals surface area (Å²) >= 11 is 3.29. The first-order chi connectivity index (χ1) is 13.4. The lowest BCUT2D eigenvalue weighted by Crippen LogP contribution is -2.15. The van der Waals surface area contributed by atoms with Crippen molar-refractivity contribution >= 4 is 15.9 Å². The summed E-state index contributed by atoms with van der Waals surface area (Å²) in [6, 6.07) is 0. The first-order valence-electron chi connectivity index (χ1n) is 9.59. The van der Waals surface area contributed by atoms with Crippen LogP contribution in [0.4, 0.5) is 0 Å². The first kappa shape index (κ1) is 27.2. The quantitative estimate of drug-likeness (QED) is 0.158. The van der Waals surface area contributed by atoms with Gasteiger partial charge in [0.25, 0.3) is 0 Å². The van der Waals surface area contributed by atoms with E-state index in [9.17, 15) is 0 Å². The Morgan fingerprint density at radius 1 is 0.370 bits per heavy atom. The SMILES string of the molecule is CCOCCOCCOCCOCCOCCOCCOCCOCCBr. The maximum Gasteiger partial charge on any atom is 0.0701 e. The molecule has 0 saturated heterocycles. The number of hydrogen-bond acceptors (Lipinski definition) is 8. The molecule has 0 fully saturated rings. The summed E-state index contributed by atoms with van der Waals surface area (Å²) in [5, 5.41) is 0.847. The Balaban J connectivity index is 2.95. The second-order valence-corrected chi connectivity index (χ2v) is 5.97. The van der Waals surface area contributed by atoms with E-state index in [1.54, 1.807) is 0 Å². The van der Waals surface area contributed by atoms with Crippen LogP contribution in [0.3, 0.4) is 0 Å². The molecule has 0 unspecified atom stereocenters. The number of alkyl halides is 1. The molecule has 9 heteroatoms. The van der Waals surface area contributed by atoms with Gasteiger partial charge in [-0.15, -0.1) is 0 Å². The molecule has 0 radical (unpaired) electrons. The van der Waals surface area contributed by atoms with Crippen LogP contribution in [0.5, 0.6) is 0 Å². The van der Waals surface area contributed by atoms with E-state index in [-0.39, 0.29) is 0 Å². The van der Waals surface area contributed by atoms with Crippen molar-refractivity contribution in [3.05, 3.63) is 0 Å². The van der Waals surface area contributed by atoms with Gasteiger partial charge in [-0.25, -0.2) is 0 Å². The van der Waals surface area contributed by atoms with E-state index in [1.807, 2.05) is 6.92 Å². The molecule has 0 aliphatic rings. The van der Waals surface area contributed by atoms with Gasteiger partial charge < -0.3 is 37.9 Å². The van der Waals surface area contributed by atoms with Crippen molar-refractivity contribution in [3.63, 3.8) is 0 Å². The minimum atomic E-state index is 0.547. The smallest absolute Gasteiger partial charge is 0.0701 e. The molecule has 0 heterocycles. The summed E-state index contributed by atoms with van der Waals surface area (Å²) < 4.78 is 42.7. The lowest BCUT2D eigenvalue weighted by Gasteiger charge is -2.08. The summed E-state index contributed by atoms with van der Waals surface area (Å²) in [4.78, 5) is 0. The number of halogens is 1. The van der Waals surface area contributed by atoms with E-state index in [2.05, 4.69) is 15.9 Å². The van der Waals surface area contributed by atoms with Crippen molar-refractivity contribution in [2.45, 2.75) is 6.92 Å². The van der Waals surface area contributed by atoms with Gasteiger partial charge in [0.1, 0.15) is 0 Å². The molecule has 0 aromatic heterocycles. The highest BCUT2D eigenvalue weighted by atomic mass is 79.9. The largest absolute Gasteiger partial charge is 0.379 e. The molecule has 0 bridgehead atoms. The van der Waals surface area contributed by atoms with E-state index in [0.29, 0.717) is 99.1 Å². The van der Waals surface area contributed by atoms with Crippen molar-refractivity contribution < 1.29 is 37.9 Å². The molecule has 27 heavy (non-hydrogen) atoms. The third kappa shape index (κ3) is 26.2. The fourth-order valence-electron chi connectivity index (χ4n) is 1.74. The topological polar surface area (TPSA) is 73.8 Å². The first-order valence-corrected chi connectivity index (χ1v) is 10.7. The Hall–Kier alpha value is 0.160. The molecule has 164 valence electrons. The van der Waals surface area contributed by atoms with Crippen molar-refractivity contribution in [2.75, 3.05) is 111 Å². The monoisotopic (exact) mass is 460 g/mol. The lowest BCUT2D eigenvalue weighted by atomic mass is 10.6. The zero-order valence-electron chi connectivity index (χ0n) is 16.7. The van der Waals surface area contributed by atoms with Crippen molar-refractivity contribution in [3.8, 4) is 0 Å². The van der Waals surface area contributed by atoms with Gasteiger partial charge >= 0.3 is 0 Å². The predicted octanol–water partition coefficient (Wildman–Crippen LogP) is 1.53. The third-order valence-electron chi connectivity index (χ3n) is 3.03. The van der Waals surface area contributed by atoms with Crippen LogP contribution in [0.25, 0.3) is 0 Å². The van der Waals surface area contributed by atoms with Crippen LogP contribution in [-0.2, 0) is 37.9 Å². The van der Waals surface area contributed by atoms with Crippen LogP contribution in [0.1, 0.15) is 6.92 Å². The minimum absolute atomic E-state index is 0.547. The van der Waals surface area contributed by atoms with Crippen molar-refractivity contribution in [1.82, 2.24) is 0 Å². The highest BCUT2D eigenvalue weighted by Gasteiger charge is 1.94. The summed E-state index contributed by atoms with van der Waals surface area (Å²) in [5.74, 6) is 0. The Morgan fingerprint density at radius 2 is 0.593 bits per heavy atom. The summed E-state index contributed by atoms with van der Waals surface area (Å²) in [6.07, 6.45) is 0. The summed E-state index contributed by atoms with van der Waals surface area (Å²) in [5.41, 5.74) is 0. The molecule has 0 amide bonds. The van der Waals surface area contributed by atoms with Gasteiger partial charge in [0.15, 0.2) is 0 Å². The molecule has 0 aromatic rings. The fraction of sp³-hybridized carbons (Fsp3) is 1.00. The van der Waals surface area contributed by atoms with E-state index >= 15 is 0 Å². The van der Waals surface area contributed by atoms with Crippen LogP contribution in [0.2, 0.25) is 0 Å². The highest BCUT2D eigenvalue weighted by molar-refractivity contribution is 9.09. The highest BCUT2D eigenvalue weighted by Crippen LogP contribution is 1.86. The predicted molar refractivity (Wildman–Crippen MR) is 106 cm³/mol. The molecule has 0 aliphatic heterocycles. The molecule has 0 aliphatic carbocycles. The Labute approximate surface area is 172 Å². The van der Waals surface area contributed by atoms with Gasteiger partial charge in [0.2, 0.25) is 0 Å². The van der Waals surface area contributed by atoms with E-state index < -0.39 is 0 Å². The second-order valence-electron chi connectivity index (χ2n) is 5.17. The van der Waals surface area contributed by atoms with E-state index in [0.717, 1.165) is 11.9 Å². The minimum Gasteiger partial charge on any atom is -0.379 e. The average Bonchev–Trinajstić information content (AvgIpc) is 2.68. The van der Waals surface area contributed by atoms with Gasteiger partial charge in [0.05, 0.1) is 99.1 Å². The maximum absolute atomic E-state index is 5.41. The number of rotatable bonds is 24. The van der Waals surface area contributed by atoms with Gasteiger partial charge in [-0.3, -0.25) is 0 Å². The molecule has 0 N–H and O–H groups in total.